The normalized spacial score (nSPS) is 10.6. The molecular weight excluding hydrogens is 333 g/mol. The van der Waals surface area contributed by atoms with Crippen molar-refractivity contribution < 1.29 is 13.6 Å². The van der Waals surface area contributed by atoms with Crippen LogP contribution in [-0.4, -0.2) is 22.6 Å². The number of benzene rings is 2. The van der Waals surface area contributed by atoms with Crippen molar-refractivity contribution in [1.29, 1.82) is 0 Å². The molecule has 1 aromatic heterocycles. The van der Waals surface area contributed by atoms with Crippen LogP contribution < -0.4 is 5.32 Å². The van der Waals surface area contributed by atoms with E-state index in [0.29, 0.717) is 22.6 Å². The van der Waals surface area contributed by atoms with E-state index in [2.05, 4.69) is 15.5 Å². The van der Waals surface area contributed by atoms with Crippen LogP contribution in [0.1, 0.15) is 16.2 Å². The van der Waals surface area contributed by atoms with Gasteiger partial charge in [-0.3, -0.25) is 4.79 Å². The second-order valence-electron chi connectivity index (χ2n) is 4.99. The Hall–Kier alpha value is -2.73. The summed E-state index contributed by atoms with van der Waals surface area (Å²) in [4.78, 5) is 12.0. The number of carbonyl (C=O) groups excluding carboxylic acids is 1. The predicted octanol–water partition coefficient (Wildman–Crippen LogP) is 3.50. The van der Waals surface area contributed by atoms with Gasteiger partial charge < -0.3 is 9.73 Å². The molecule has 1 amide bonds. The molecule has 0 bridgehead atoms. The molecule has 5 nitrogen and oxygen atoms in total. The summed E-state index contributed by atoms with van der Waals surface area (Å²) in [7, 11) is 0. The Kier molecular flexibility index (Phi) is 4.86. The Morgan fingerprint density at radius 1 is 1.12 bits per heavy atom. The van der Waals surface area contributed by atoms with Crippen molar-refractivity contribution >= 4 is 17.5 Å². The molecule has 122 valence electrons. The van der Waals surface area contributed by atoms with Crippen LogP contribution in [0.25, 0.3) is 11.5 Å². The summed E-state index contributed by atoms with van der Waals surface area (Å²) >= 11 is 6.05. The number of aromatic nitrogens is 2. The van der Waals surface area contributed by atoms with Gasteiger partial charge in [-0.05, 0) is 30.2 Å². The summed E-state index contributed by atoms with van der Waals surface area (Å²) in [5, 5.41) is 10.6. The number of rotatable bonds is 5. The summed E-state index contributed by atoms with van der Waals surface area (Å²) < 4.78 is 18.8. The number of amides is 1. The van der Waals surface area contributed by atoms with Gasteiger partial charge in [0, 0.05) is 6.54 Å². The van der Waals surface area contributed by atoms with E-state index in [1.807, 2.05) is 0 Å². The maximum atomic E-state index is 13.5. The first kappa shape index (κ1) is 16.1. The molecule has 0 spiro atoms. The van der Waals surface area contributed by atoms with Crippen molar-refractivity contribution in [3.05, 3.63) is 70.8 Å². The van der Waals surface area contributed by atoms with Crippen LogP contribution in [0.3, 0.4) is 0 Å². The van der Waals surface area contributed by atoms with Crippen molar-refractivity contribution in [2.75, 3.05) is 6.54 Å². The largest absolute Gasteiger partial charge is 0.412 e. The van der Waals surface area contributed by atoms with Gasteiger partial charge in [-0.15, -0.1) is 10.2 Å². The first-order valence-electron chi connectivity index (χ1n) is 7.25. The Morgan fingerprint density at radius 2 is 1.88 bits per heavy atom. The molecule has 3 aromatic rings. The highest BCUT2D eigenvalue weighted by Gasteiger charge is 2.17. The first-order valence-corrected chi connectivity index (χ1v) is 7.63. The minimum absolute atomic E-state index is 0.167. The van der Waals surface area contributed by atoms with Gasteiger partial charge >= 0.3 is 11.8 Å². The highest BCUT2D eigenvalue weighted by atomic mass is 35.5. The highest BCUT2D eigenvalue weighted by Crippen LogP contribution is 2.26. The lowest BCUT2D eigenvalue weighted by atomic mass is 10.1. The molecule has 1 N–H and O–H groups in total. The van der Waals surface area contributed by atoms with Crippen molar-refractivity contribution in [2.24, 2.45) is 0 Å². The molecule has 0 saturated heterocycles. The zero-order valence-electron chi connectivity index (χ0n) is 12.5. The SMILES string of the molecule is O=C(NCCc1ccccc1F)c1nnc(-c2ccccc2Cl)o1. The lowest BCUT2D eigenvalue weighted by Gasteiger charge is -2.03. The molecule has 7 heteroatoms. The van der Waals surface area contributed by atoms with Crippen LogP contribution in [0.5, 0.6) is 0 Å². The number of hydrogen-bond acceptors (Lipinski definition) is 4. The van der Waals surface area contributed by atoms with Gasteiger partial charge in [-0.25, -0.2) is 4.39 Å². The van der Waals surface area contributed by atoms with Gasteiger partial charge in [0.2, 0.25) is 5.89 Å². The molecule has 0 aliphatic rings. The average Bonchev–Trinajstić information content (AvgIpc) is 3.07. The summed E-state index contributed by atoms with van der Waals surface area (Å²) in [6.07, 6.45) is 0.365. The van der Waals surface area contributed by atoms with Crippen molar-refractivity contribution in [3.63, 3.8) is 0 Å². The van der Waals surface area contributed by atoms with E-state index in [1.165, 1.54) is 6.07 Å². The number of hydrogen-bond donors (Lipinski definition) is 1. The maximum absolute atomic E-state index is 13.5. The van der Waals surface area contributed by atoms with E-state index in [9.17, 15) is 9.18 Å². The van der Waals surface area contributed by atoms with E-state index in [1.54, 1.807) is 42.5 Å². The van der Waals surface area contributed by atoms with Gasteiger partial charge in [-0.2, -0.15) is 0 Å². The van der Waals surface area contributed by atoms with E-state index < -0.39 is 5.91 Å². The highest BCUT2D eigenvalue weighted by molar-refractivity contribution is 6.33. The molecule has 3 rings (SSSR count). The molecule has 0 aliphatic carbocycles. The molecular formula is C17H13ClFN3O2. The van der Waals surface area contributed by atoms with Gasteiger partial charge in [0.15, 0.2) is 0 Å². The van der Waals surface area contributed by atoms with Crippen molar-refractivity contribution in [3.8, 4) is 11.5 Å². The second-order valence-corrected chi connectivity index (χ2v) is 5.40. The van der Waals surface area contributed by atoms with Crippen molar-refractivity contribution in [1.82, 2.24) is 15.5 Å². The van der Waals surface area contributed by atoms with Crippen LogP contribution >= 0.6 is 11.6 Å². The zero-order valence-corrected chi connectivity index (χ0v) is 13.3. The molecule has 24 heavy (non-hydrogen) atoms. The monoisotopic (exact) mass is 345 g/mol. The second kappa shape index (κ2) is 7.23. The third-order valence-electron chi connectivity index (χ3n) is 3.36. The fraction of sp³-hybridized carbons (Fsp3) is 0.118. The van der Waals surface area contributed by atoms with Gasteiger partial charge in [0.05, 0.1) is 10.6 Å². The number of halogens is 2. The van der Waals surface area contributed by atoms with Crippen LogP contribution in [0, 0.1) is 5.82 Å². The van der Waals surface area contributed by atoms with E-state index in [4.69, 9.17) is 16.0 Å². The zero-order chi connectivity index (χ0) is 16.9. The number of carbonyl (C=O) groups is 1. The van der Waals surface area contributed by atoms with Crippen LogP contribution in [0.4, 0.5) is 4.39 Å². The summed E-state index contributed by atoms with van der Waals surface area (Å²) in [5.41, 5.74) is 1.08. The van der Waals surface area contributed by atoms with E-state index >= 15 is 0 Å². The van der Waals surface area contributed by atoms with Gasteiger partial charge in [-0.1, -0.05) is 41.9 Å². The van der Waals surface area contributed by atoms with E-state index in [-0.39, 0.29) is 24.1 Å². The molecule has 2 aromatic carbocycles. The molecule has 0 saturated carbocycles. The molecule has 1 heterocycles. The lowest BCUT2D eigenvalue weighted by Crippen LogP contribution is -2.26. The lowest BCUT2D eigenvalue weighted by molar-refractivity contribution is 0.0920. The third-order valence-corrected chi connectivity index (χ3v) is 3.69. The Labute approximate surface area is 142 Å². The molecule has 0 aliphatic heterocycles. The Morgan fingerprint density at radius 3 is 2.67 bits per heavy atom. The number of nitrogens with one attached hydrogen (secondary N) is 1. The molecule has 0 atom stereocenters. The van der Waals surface area contributed by atoms with E-state index in [0.717, 1.165) is 0 Å². The van der Waals surface area contributed by atoms with Gasteiger partial charge in [0.1, 0.15) is 5.82 Å². The fourth-order valence-electron chi connectivity index (χ4n) is 2.15. The summed E-state index contributed by atoms with van der Waals surface area (Å²) in [6, 6.07) is 13.4. The molecule has 0 unspecified atom stereocenters. The quantitative estimate of drug-likeness (QED) is 0.768. The third kappa shape index (κ3) is 3.60. The first-order chi connectivity index (χ1) is 11.6. The molecule has 0 radical (unpaired) electrons. The molecule has 0 fully saturated rings. The Bertz CT molecular complexity index is 866. The number of nitrogens with zero attached hydrogens (tertiary/aromatic N) is 2. The topological polar surface area (TPSA) is 68.0 Å². The smallest absolute Gasteiger partial charge is 0.308 e. The van der Waals surface area contributed by atoms with Crippen LogP contribution in [-0.2, 0) is 6.42 Å². The van der Waals surface area contributed by atoms with Crippen molar-refractivity contribution in [2.45, 2.75) is 6.42 Å². The maximum Gasteiger partial charge on any atom is 0.308 e. The summed E-state index contributed by atoms with van der Waals surface area (Å²) in [5.74, 6) is -0.819. The average molecular weight is 346 g/mol. The minimum atomic E-state index is -0.517. The fourth-order valence-corrected chi connectivity index (χ4v) is 2.36. The van der Waals surface area contributed by atoms with Crippen LogP contribution in [0.2, 0.25) is 5.02 Å². The standard InChI is InChI=1S/C17H13ClFN3O2/c18-13-7-3-2-6-12(13)16-21-22-17(24-16)15(23)20-10-9-11-5-1-4-8-14(11)19/h1-8H,9-10H2,(H,20,23). The van der Waals surface area contributed by atoms with Gasteiger partial charge in [0.25, 0.3) is 0 Å². The Balaban J connectivity index is 1.62. The van der Waals surface area contributed by atoms with Crippen LogP contribution in [0.15, 0.2) is 52.9 Å². The predicted molar refractivity (Wildman–Crippen MR) is 87.2 cm³/mol. The summed E-state index contributed by atoms with van der Waals surface area (Å²) in [6.45, 7) is 0.254. The minimum Gasteiger partial charge on any atom is -0.412 e.